The summed E-state index contributed by atoms with van der Waals surface area (Å²) in [5.74, 6) is -0.827. The minimum atomic E-state index is -1.15. The fourth-order valence-electron chi connectivity index (χ4n) is 0.547. The Kier molecular flexibility index (Phi) is 5.49. The number of carbonyl (C=O) groups is 1. The minimum Gasteiger partial charge on any atom is -0.462 e. The highest BCUT2D eigenvalue weighted by Crippen LogP contribution is 1.92. The molecule has 0 aromatic carbocycles. The molecule has 8 nitrogen and oxygen atoms in total. The van der Waals surface area contributed by atoms with Crippen LogP contribution in [0.3, 0.4) is 0 Å². The first-order valence-electron chi connectivity index (χ1n) is 3.82. The van der Waals surface area contributed by atoms with E-state index in [1.807, 2.05) is 0 Å². The molecule has 0 bridgehead atoms. The topological polar surface area (TPSA) is 125 Å². The van der Waals surface area contributed by atoms with Gasteiger partial charge in [0.25, 0.3) is 5.09 Å². The summed E-state index contributed by atoms with van der Waals surface area (Å²) in [5, 5.41) is 17.5. The van der Waals surface area contributed by atoms with Crippen molar-refractivity contribution >= 4 is 5.97 Å². The van der Waals surface area contributed by atoms with Gasteiger partial charge < -0.3 is 20.4 Å². The highest BCUT2D eigenvalue weighted by molar-refractivity contribution is 5.76. The van der Waals surface area contributed by atoms with Crippen molar-refractivity contribution in [2.75, 3.05) is 13.2 Å². The van der Waals surface area contributed by atoms with Crippen molar-refractivity contribution in [2.24, 2.45) is 5.73 Å². The summed E-state index contributed by atoms with van der Waals surface area (Å²) in [5.41, 5.74) is 5.20. The van der Waals surface area contributed by atoms with Crippen molar-refractivity contribution in [3.8, 4) is 0 Å². The molecule has 0 radical (unpaired) electrons. The quantitative estimate of drug-likeness (QED) is 0.234. The van der Waals surface area contributed by atoms with Crippen LogP contribution in [-0.4, -0.2) is 41.5 Å². The third kappa shape index (κ3) is 5.27. The number of hydrogen-bond acceptors (Lipinski definition) is 7. The fourth-order valence-corrected chi connectivity index (χ4v) is 0.547. The van der Waals surface area contributed by atoms with Crippen LogP contribution < -0.4 is 5.73 Å². The lowest BCUT2D eigenvalue weighted by Gasteiger charge is -2.13. The Bertz CT molecular complexity index is 206. The molecule has 0 aliphatic rings. The number of rotatable bonds is 6. The second-order valence-corrected chi connectivity index (χ2v) is 2.49. The molecule has 0 amide bonds. The highest BCUT2D eigenvalue weighted by Gasteiger charge is 2.19. The monoisotopic (exact) mass is 208 g/mol. The molecule has 14 heavy (non-hydrogen) atoms. The highest BCUT2D eigenvalue weighted by atomic mass is 17.0. The third-order valence-corrected chi connectivity index (χ3v) is 1.32. The van der Waals surface area contributed by atoms with E-state index in [0.29, 0.717) is 0 Å². The summed E-state index contributed by atoms with van der Waals surface area (Å²) in [6.45, 7) is 0.699. The average Bonchev–Trinajstić information content (AvgIpc) is 2.10. The van der Waals surface area contributed by atoms with Gasteiger partial charge in [0, 0.05) is 0 Å². The van der Waals surface area contributed by atoms with Crippen molar-refractivity contribution in [1.82, 2.24) is 0 Å². The van der Waals surface area contributed by atoms with Gasteiger partial charge in [-0.05, 0) is 6.92 Å². The first kappa shape index (κ1) is 12.6. The van der Waals surface area contributed by atoms with E-state index < -0.39 is 23.2 Å². The maximum Gasteiger partial charge on any atom is 0.325 e. The zero-order chi connectivity index (χ0) is 11.1. The van der Waals surface area contributed by atoms with Crippen molar-refractivity contribution in [3.05, 3.63) is 10.1 Å². The SMILES string of the molecule is CC(O)[C@H](N)C(=O)OCCO[N+](=O)[O-]. The van der Waals surface area contributed by atoms with Gasteiger partial charge in [-0.25, -0.2) is 0 Å². The second-order valence-electron chi connectivity index (χ2n) is 2.49. The molecular weight excluding hydrogens is 196 g/mol. The van der Waals surface area contributed by atoms with Crippen LogP contribution in [0.5, 0.6) is 0 Å². The Hall–Kier alpha value is -1.41. The van der Waals surface area contributed by atoms with Gasteiger partial charge >= 0.3 is 5.97 Å². The van der Waals surface area contributed by atoms with E-state index in [9.17, 15) is 14.9 Å². The lowest BCUT2D eigenvalue weighted by atomic mass is 10.2. The molecule has 0 aromatic rings. The molecule has 0 saturated heterocycles. The molecule has 3 N–H and O–H groups in total. The molecule has 2 atom stereocenters. The fraction of sp³-hybridized carbons (Fsp3) is 0.833. The molecule has 0 heterocycles. The molecule has 0 saturated carbocycles. The lowest BCUT2D eigenvalue weighted by molar-refractivity contribution is -0.757. The molecule has 0 spiro atoms. The first-order chi connectivity index (χ1) is 6.45. The second kappa shape index (κ2) is 6.11. The van der Waals surface area contributed by atoms with Gasteiger partial charge in [-0.1, -0.05) is 0 Å². The van der Waals surface area contributed by atoms with Gasteiger partial charge in [0.15, 0.2) is 0 Å². The van der Waals surface area contributed by atoms with Crippen LogP contribution >= 0.6 is 0 Å². The Labute approximate surface area is 79.7 Å². The van der Waals surface area contributed by atoms with Crippen LogP contribution in [0, 0.1) is 10.1 Å². The van der Waals surface area contributed by atoms with E-state index in [-0.39, 0.29) is 13.2 Å². The van der Waals surface area contributed by atoms with Crippen LogP contribution in [0.4, 0.5) is 0 Å². The van der Waals surface area contributed by atoms with Crippen molar-refractivity contribution in [3.63, 3.8) is 0 Å². The lowest BCUT2D eigenvalue weighted by Crippen LogP contribution is -2.41. The average molecular weight is 208 g/mol. The van der Waals surface area contributed by atoms with E-state index >= 15 is 0 Å². The van der Waals surface area contributed by atoms with Crippen LogP contribution in [0.15, 0.2) is 0 Å². The van der Waals surface area contributed by atoms with Gasteiger partial charge in [-0.2, -0.15) is 0 Å². The van der Waals surface area contributed by atoms with Gasteiger partial charge in [-0.15, -0.1) is 10.1 Å². The van der Waals surface area contributed by atoms with Crippen LogP contribution in [0.25, 0.3) is 0 Å². The Balaban J connectivity index is 3.59. The molecule has 0 rings (SSSR count). The van der Waals surface area contributed by atoms with Crippen LogP contribution in [0.1, 0.15) is 6.92 Å². The number of carbonyl (C=O) groups excluding carboxylic acids is 1. The van der Waals surface area contributed by atoms with Gasteiger partial charge in [0.05, 0.1) is 6.10 Å². The summed E-state index contributed by atoms with van der Waals surface area (Å²) >= 11 is 0. The predicted molar refractivity (Wildman–Crippen MR) is 43.6 cm³/mol. The third-order valence-electron chi connectivity index (χ3n) is 1.32. The predicted octanol–water partition coefficient (Wildman–Crippen LogP) is -1.55. The number of nitrogens with two attached hydrogens (primary N) is 1. The smallest absolute Gasteiger partial charge is 0.325 e. The van der Waals surface area contributed by atoms with Gasteiger partial charge in [0.2, 0.25) is 0 Å². The van der Waals surface area contributed by atoms with Crippen molar-refractivity contribution < 1.29 is 24.6 Å². The summed E-state index contributed by atoms with van der Waals surface area (Å²) in [6, 6.07) is -1.15. The molecule has 0 fully saturated rings. The largest absolute Gasteiger partial charge is 0.462 e. The van der Waals surface area contributed by atoms with E-state index in [1.165, 1.54) is 6.92 Å². The Morgan fingerprint density at radius 3 is 2.64 bits per heavy atom. The van der Waals surface area contributed by atoms with E-state index in [4.69, 9.17) is 10.8 Å². The van der Waals surface area contributed by atoms with Gasteiger partial charge in [0.1, 0.15) is 19.3 Å². The zero-order valence-corrected chi connectivity index (χ0v) is 7.58. The number of ether oxygens (including phenoxy) is 1. The van der Waals surface area contributed by atoms with Crippen LogP contribution in [0.2, 0.25) is 0 Å². The molecule has 0 aliphatic heterocycles. The number of aliphatic hydroxyl groups is 1. The van der Waals surface area contributed by atoms with E-state index in [2.05, 4.69) is 9.57 Å². The Morgan fingerprint density at radius 2 is 2.21 bits per heavy atom. The van der Waals surface area contributed by atoms with Crippen molar-refractivity contribution in [1.29, 1.82) is 0 Å². The summed E-state index contributed by atoms with van der Waals surface area (Å²) < 4.78 is 4.46. The molecular formula is C6H12N2O6. The summed E-state index contributed by atoms with van der Waals surface area (Å²) in [4.78, 5) is 24.4. The first-order valence-corrected chi connectivity index (χ1v) is 3.82. The minimum absolute atomic E-state index is 0.278. The number of nitrogens with zero attached hydrogens (tertiary/aromatic N) is 1. The number of esters is 1. The summed E-state index contributed by atoms with van der Waals surface area (Å²) in [7, 11) is 0. The van der Waals surface area contributed by atoms with Gasteiger partial charge in [-0.3, -0.25) is 4.79 Å². The molecule has 82 valence electrons. The van der Waals surface area contributed by atoms with Crippen molar-refractivity contribution in [2.45, 2.75) is 19.1 Å². The van der Waals surface area contributed by atoms with E-state index in [0.717, 1.165) is 0 Å². The maximum atomic E-state index is 10.9. The Morgan fingerprint density at radius 1 is 1.64 bits per heavy atom. The zero-order valence-electron chi connectivity index (χ0n) is 7.58. The van der Waals surface area contributed by atoms with Crippen LogP contribution in [-0.2, 0) is 14.4 Å². The number of hydrogen-bond donors (Lipinski definition) is 2. The molecule has 8 heteroatoms. The standard InChI is InChI=1S/C6H12N2O6/c1-4(9)5(7)6(10)13-2-3-14-8(11)12/h4-5,9H,2-3,7H2,1H3/t4?,5-/m0/s1. The summed E-state index contributed by atoms with van der Waals surface area (Å²) in [6.07, 6.45) is -1.03. The van der Waals surface area contributed by atoms with E-state index in [1.54, 1.807) is 0 Å². The normalized spacial score (nSPS) is 14.2. The number of aliphatic hydroxyl groups excluding tert-OH is 1. The molecule has 0 aromatic heterocycles. The molecule has 1 unspecified atom stereocenters. The molecule has 0 aliphatic carbocycles. The maximum absolute atomic E-state index is 10.9.